The molecule has 1 aromatic rings. The largest absolute Gasteiger partial charge is 0.493 e. The zero-order valence-electron chi connectivity index (χ0n) is 9.77. The van der Waals surface area contributed by atoms with E-state index in [9.17, 15) is 0 Å². The number of hydrogen-bond acceptors (Lipinski definition) is 5. The molecular weight excluding hydrogens is 210 g/mol. The van der Waals surface area contributed by atoms with E-state index in [1.807, 2.05) is 0 Å². The van der Waals surface area contributed by atoms with E-state index >= 15 is 0 Å². The number of nitrogens with zero attached hydrogens (tertiary/aromatic N) is 1. The van der Waals surface area contributed by atoms with Gasteiger partial charge in [0.2, 0.25) is 5.75 Å². The van der Waals surface area contributed by atoms with Crippen molar-refractivity contribution < 1.29 is 19.4 Å². The normalized spacial score (nSPS) is 11.1. The summed E-state index contributed by atoms with van der Waals surface area (Å²) in [5, 5.41) is 11.8. The molecule has 0 unspecified atom stereocenters. The van der Waals surface area contributed by atoms with Gasteiger partial charge in [-0.2, -0.15) is 0 Å². The standard InChI is InChI=1S/C11H15NO4/c1-7(12-13)8-5-9(14-2)11(16-4)10(6-8)15-3/h5-6,13H,1-4H3/b12-7-. The van der Waals surface area contributed by atoms with Gasteiger partial charge in [0.1, 0.15) is 0 Å². The highest BCUT2D eigenvalue weighted by Crippen LogP contribution is 2.38. The van der Waals surface area contributed by atoms with Crippen LogP contribution in [0.15, 0.2) is 17.3 Å². The molecule has 16 heavy (non-hydrogen) atoms. The summed E-state index contributed by atoms with van der Waals surface area (Å²) in [7, 11) is 4.60. The van der Waals surface area contributed by atoms with Crippen molar-refractivity contribution in [1.29, 1.82) is 0 Å². The number of hydrogen-bond donors (Lipinski definition) is 1. The van der Waals surface area contributed by atoms with Crippen LogP contribution in [-0.2, 0) is 0 Å². The fourth-order valence-electron chi connectivity index (χ4n) is 1.35. The monoisotopic (exact) mass is 225 g/mol. The molecule has 0 saturated heterocycles. The molecule has 0 saturated carbocycles. The molecule has 0 amide bonds. The minimum Gasteiger partial charge on any atom is -0.493 e. The third-order valence-electron chi connectivity index (χ3n) is 2.23. The minimum absolute atomic E-state index is 0.472. The van der Waals surface area contributed by atoms with Crippen molar-refractivity contribution in [2.24, 2.45) is 5.16 Å². The van der Waals surface area contributed by atoms with Crippen LogP contribution < -0.4 is 14.2 Å². The van der Waals surface area contributed by atoms with Crippen LogP contribution in [-0.4, -0.2) is 32.2 Å². The van der Waals surface area contributed by atoms with Crippen LogP contribution in [0.3, 0.4) is 0 Å². The Labute approximate surface area is 94.2 Å². The third kappa shape index (κ3) is 2.18. The zero-order valence-corrected chi connectivity index (χ0v) is 9.77. The van der Waals surface area contributed by atoms with E-state index in [4.69, 9.17) is 19.4 Å². The molecule has 5 heteroatoms. The van der Waals surface area contributed by atoms with Gasteiger partial charge in [-0.15, -0.1) is 0 Å². The smallest absolute Gasteiger partial charge is 0.203 e. The van der Waals surface area contributed by atoms with Gasteiger partial charge in [-0.1, -0.05) is 5.16 Å². The highest BCUT2D eigenvalue weighted by molar-refractivity contribution is 5.99. The van der Waals surface area contributed by atoms with E-state index in [1.54, 1.807) is 19.1 Å². The van der Waals surface area contributed by atoms with Crippen molar-refractivity contribution in [3.8, 4) is 17.2 Å². The molecule has 0 bridgehead atoms. The topological polar surface area (TPSA) is 60.3 Å². The van der Waals surface area contributed by atoms with E-state index in [-0.39, 0.29) is 0 Å². The van der Waals surface area contributed by atoms with Crippen molar-refractivity contribution in [2.45, 2.75) is 6.92 Å². The van der Waals surface area contributed by atoms with Gasteiger partial charge in [-0.05, 0) is 19.1 Å². The van der Waals surface area contributed by atoms with Crippen LogP contribution >= 0.6 is 0 Å². The Kier molecular flexibility index (Phi) is 3.99. The second-order valence-corrected chi connectivity index (χ2v) is 3.10. The molecule has 0 aliphatic heterocycles. The number of oxime groups is 1. The van der Waals surface area contributed by atoms with Crippen LogP contribution in [0.2, 0.25) is 0 Å². The predicted octanol–water partition coefficient (Wildman–Crippen LogP) is 1.91. The summed E-state index contributed by atoms with van der Waals surface area (Å²) < 4.78 is 15.5. The molecule has 88 valence electrons. The van der Waals surface area contributed by atoms with Gasteiger partial charge >= 0.3 is 0 Å². The first kappa shape index (κ1) is 12.2. The molecule has 0 aliphatic carbocycles. The molecular formula is C11H15NO4. The molecule has 0 aromatic heterocycles. The van der Waals surface area contributed by atoms with Gasteiger partial charge in [0, 0.05) is 5.56 Å². The summed E-state index contributed by atoms with van der Waals surface area (Å²) in [5.74, 6) is 1.57. The van der Waals surface area contributed by atoms with E-state index in [2.05, 4.69) is 5.16 Å². The summed E-state index contributed by atoms with van der Waals surface area (Å²) in [6.45, 7) is 1.68. The fourth-order valence-corrected chi connectivity index (χ4v) is 1.35. The Morgan fingerprint density at radius 2 is 1.56 bits per heavy atom. The number of ether oxygens (including phenoxy) is 3. The predicted molar refractivity (Wildman–Crippen MR) is 60.1 cm³/mol. The lowest BCUT2D eigenvalue weighted by Crippen LogP contribution is -2.00. The Morgan fingerprint density at radius 1 is 1.06 bits per heavy atom. The fraction of sp³-hybridized carbons (Fsp3) is 0.364. The van der Waals surface area contributed by atoms with Gasteiger partial charge < -0.3 is 19.4 Å². The highest BCUT2D eigenvalue weighted by Gasteiger charge is 2.14. The lowest BCUT2D eigenvalue weighted by atomic mass is 10.1. The van der Waals surface area contributed by atoms with Crippen molar-refractivity contribution in [2.75, 3.05) is 21.3 Å². The molecule has 1 N–H and O–H groups in total. The Bertz CT molecular complexity index is 376. The van der Waals surface area contributed by atoms with Crippen molar-refractivity contribution in [3.05, 3.63) is 17.7 Å². The van der Waals surface area contributed by atoms with E-state index in [1.165, 1.54) is 21.3 Å². The maximum absolute atomic E-state index is 8.72. The molecule has 0 fully saturated rings. The minimum atomic E-state index is 0.472. The van der Waals surface area contributed by atoms with Crippen molar-refractivity contribution in [3.63, 3.8) is 0 Å². The Morgan fingerprint density at radius 3 is 1.88 bits per heavy atom. The summed E-state index contributed by atoms with van der Waals surface area (Å²) in [4.78, 5) is 0. The van der Waals surface area contributed by atoms with Gasteiger partial charge in [0.15, 0.2) is 11.5 Å². The number of benzene rings is 1. The van der Waals surface area contributed by atoms with Crippen molar-refractivity contribution in [1.82, 2.24) is 0 Å². The molecule has 1 rings (SSSR count). The van der Waals surface area contributed by atoms with Crippen molar-refractivity contribution >= 4 is 5.71 Å². The number of methoxy groups -OCH3 is 3. The maximum Gasteiger partial charge on any atom is 0.203 e. The van der Waals surface area contributed by atoms with Crippen LogP contribution in [0.25, 0.3) is 0 Å². The third-order valence-corrected chi connectivity index (χ3v) is 2.23. The molecule has 1 aromatic carbocycles. The first-order valence-electron chi connectivity index (χ1n) is 4.67. The summed E-state index contributed by atoms with van der Waals surface area (Å²) >= 11 is 0. The van der Waals surface area contributed by atoms with E-state index in [0.717, 1.165) is 0 Å². The molecule has 0 spiro atoms. The summed E-state index contributed by atoms with van der Waals surface area (Å²) in [6, 6.07) is 3.44. The van der Waals surface area contributed by atoms with Crippen LogP contribution in [0.4, 0.5) is 0 Å². The first-order valence-corrected chi connectivity index (χ1v) is 4.67. The zero-order chi connectivity index (χ0) is 12.1. The Balaban J connectivity index is 3.37. The average molecular weight is 225 g/mol. The average Bonchev–Trinajstić information content (AvgIpc) is 2.35. The Hall–Kier alpha value is -1.91. The van der Waals surface area contributed by atoms with Crippen LogP contribution in [0.1, 0.15) is 12.5 Å². The van der Waals surface area contributed by atoms with E-state index in [0.29, 0.717) is 28.5 Å². The van der Waals surface area contributed by atoms with Gasteiger partial charge in [0.25, 0.3) is 0 Å². The van der Waals surface area contributed by atoms with E-state index < -0.39 is 0 Å². The lowest BCUT2D eigenvalue weighted by molar-refractivity contribution is 0.318. The summed E-state index contributed by atoms with van der Waals surface area (Å²) in [5.41, 5.74) is 1.18. The van der Waals surface area contributed by atoms with Crippen LogP contribution in [0, 0.1) is 0 Å². The summed E-state index contributed by atoms with van der Waals surface area (Å²) in [6.07, 6.45) is 0. The highest BCUT2D eigenvalue weighted by atomic mass is 16.5. The van der Waals surface area contributed by atoms with Gasteiger partial charge in [0.05, 0.1) is 27.0 Å². The molecule has 0 heterocycles. The second kappa shape index (κ2) is 5.25. The number of rotatable bonds is 4. The maximum atomic E-state index is 8.72. The van der Waals surface area contributed by atoms with Crippen LogP contribution in [0.5, 0.6) is 17.2 Å². The quantitative estimate of drug-likeness (QED) is 0.483. The lowest BCUT2D eigenvalue weighted by Gasteiger charge is -2.13. The molecule has 5 nitrogen and oxygen atoms in total. The first-order chi connectivity index (χ1) is 7.67. The molecule has 0 radical (unpaired) electrons. The van der Waals surface area contributed by atoms with Gasteiger partial charge in [-0.3, -0.25) is 0 Å². The SMILES string of the molecule is COc1cc(/C(C)=N\O)cc(OC)c1OC. The second-order valence-electron chi connectivity index (χ2n) is 3.10. The van der Waals surface area contributed by atoms with Gasteiger partial charge in [-0.25, -0.2) is 0 Å². The molecule has 0 aliphatic rings. The molecule has 0 atom stereocenters.